The zero-order valence-electron chi connectivity index (χ0n) is 12.3. The number of hydrogen-bond acceptors (Lipinski definition) is 0. The smallest absolute Gasteiger partial charge is 0.0106 e. The first kappa shape index (κ1) is 16.9. The molecule has 0 radical (unpaired) electrons. The second kappa shape index (κ2) is 9.90. The fraction of sp³-hybridized carbons (Fsp3) is 0.158. The first-order valence-electron chi connectivity index (χ1n) is 6.62. The van der Waals surface area contributed by atoms with Gasteiger partial charge >= 0.3 is 0 Å². The van der Waals surface area contributed by atoms with Crippen LogP contribution < -0.4 is 0 Å². The van der Waals surface area contributed by atoms with Crippen molar-refractivity contribution in [2.24, 2.45) is 0 Å². The largest absolute Gasteiger partial charge is 0.0990 e. The highest BCUT2D eigenvalue weighted by Gasteiger charge is 2.05. The maximum Gasteiger partial charge on any atom is -0.0106 e. The molecule has 0 heteroatoms. The molecule has 19 heavy (non-hydrogen) atoms. The highest BCUT2D eigenvalue weighted by molar-refractivity contribution is 5.86. The van der Waals surface area contributed by atoms with Gasteiger partial charge < -0.3 is 0 Å². The molecule has 0 aliphatic heterocycles. The van der Waals surface area contributed by atoms with E-state index in [-0.39, 0.29) is 0 Å². The van der Waals surface area contributed by atoms with Gasteiger partial charge in [-0.15, -0.1) is 0 Å². The lowest BCUT2D eigenvalue weighted by Crippen LogP contribution is -1.90. The summed E-state index contributed by atoms with van der Waals surface area (Å²) in [5.41, 5.74) is 4.50. The maximum atomic E-state index is 3.85. The normalized spacial score (nSPS) is 11.1. The Morgan fingerprint density at radius 1 is 0.895 bits per heavy atom. The first-order chi connectivity index (χ1) is 9.28. The van der Waals surface area contributed by atoms with E-state index in [1.807, 2.05) is 51.1 Å². The van der Waals surface area contributed by atoms with Crippen molar-refractivity contribution >= 4 is 11.1 Å². The van der Waals surface area contributed by atoms with Crippen LogP contribution in [-0.4, -0.2) is 0 Å². The molecule has 0 saturated carbocycles. The first-order valence-corrected chi connectivity index (χ1v) is 6.62. The summed E-state index contributed by atoms with van der Waals surface area (Å²) >= 11 is 0. The summed E-state index contributed by atoms with van der Waals surface area (Å²) in [5, 5.41) is 0. The van der Waals surface area contributed by atoms with Crippen LogP contribution in [0.15, 0.2) is 74.4 Å². The van der Waals surface area contributed by atoms with Gasteiger partial charge in [0, 0.05) is 0 Å². The van der Waals surface area contributed by atoms with Gasteiger partial charge in [-0.2, -0.15) is 0 Å². The summed E-state index contributed by atoms with van der Waals surface area (Å²) in [4.78, 5) is 0. The van der Waals surface area contributed by atoms with E-state index in [9.17, 15) is 0 Å². The van der Waals surface area contributed by atoms with Crippen molar-refractivity contribution in [2.75, 3.05) is 0 Å². The molecule has 0 aliphatic carbocycles. The van der Waals surface area contributed by atoms with Gasteiger partial charge in [-0.1, -0.05) is 88.2 Å². The van der Waals surface area contributed by atoms with Crippen molar-refractivity contribution in [2.45, 2.75) is 20.8 Å². The van der Waals surface area contributed by atoms with Crippen molar-refractivity contribution in [1.82, 2.24) is 0 Å². The number of rotatable bonds is 5. The predicted molar refractivity (Wildman–Crippen MR) is 90.0 cm³/mol. The molecule has 0 aromatic heterocycles. The molecule has 1 rings (SSSR count). The average Bonchev–Trinajstić information content (AvgIpc) is 2.49. The molecule has 0 amide bonds. The standard InChI is InChI=1S/C17H18.C2H6/c1-5-11-15(8-4)17-13-10-9-12-16(17)14(6-2)7-3;1-2/h5-13H,1-2,4H2,3H3;1-2H3/b14-7+,15-11+;. The SMILES string of the molecule is C=C/C=C(\C=C)c1ccccc1/C(C=C)=C/C.CC. The molecule has 0 unspecified atom stereocenters. The van der Waals surface area contributed by atoms with Gasteiger partial charge in [0.1, 0.15) is 0 Å². The molecule has 0 nitrogen and oxygen atoms in total. The topological polar surface area (TPSA) is 0 Å². The van der Waals surface area contributed by atoms with Crippen LogP contribution in [0.25, 0.3) is 11.1 Å². The van der Waals surface area contributed by atoms with Crippen LogP contribution in [0, 0.1) is 0 Å². The summed E-state index contributed by atoms with van der Waals surface area (Å²) in [5.74, 6) is 0. The Morgan fingerprint density at radius 3 is 1.74 bits per heavy atom. The Bertz CT molecular complexity index is 485. The van der Waals surface area contributed by atoms with Gasteiger partial charge in [0.15, 0.2) is 0 Å². The zero-order valence-corrected chi connectivity index (χ0v) is 12.3. The third kappa shape index (κ3) is 4.59. The molecule has 100 valence electrons. The highest BCUT2D eigenvalue weighted by Crippen LogP contribution is 2.26. The van der Waals surface area contributed by atoms with Crippen molar-refractivity contribution in [3.63, 3.8) is 0 Å². The lowest BCUT2D eigenvalue weighted by molar-refractivity contribution is 1.50. The fourth-order valence-electron chi connectivity index (χ4n) is 1.76. The highest BCUT2D eigenvalue weighted by atomic mass is 14.1. The molecular formula is C19H24. The van der Waals surface area contributed by atoms with E-state index in [0.29, 0.717) is 0 Å². The monoisotopic (exact) mass is 252 g/mol. The summed E-state index contributed by atoms with van der Waals surface area (Å²) < 4.78 is 0. The van der Waals surface area contributed by atoms with E-state index in [1.54, 1.807) is 6.08 Å². The van der Waals surface area contributed by atoms with Crippen LogP contribution in [0.1, 0.15) is 31.9 Å². The lowest BCUT2D eigenvalue weighted by atomic mass is 9.94. The molecule has 0 fully saturated rings. The van der Waals surface area contributed by atoms with Crippen LogP contribution in [0.4, 0.5) is 0 Å². The van der Waals surface area contributed by atoms with Crippen LogP contribution in [0.2, 0.25) is 0 Å². The minimum Gasteiger partial charge on any atom is -0.0990 e. The second-order valence-corrected chi connectivity index (χ2v) is 3.56. The Hall–Kier alpha value is -2.08. The minimum absolute atomic E-state index is 1.07. The van der Waals surface area contributed by atoms with E-state index in [0.717, 1.165) is 22.3 Å². The van der Waals surface area contributed by atoms with Crippen molar-refractivity contribution in [3.05, 3.63) is 85.5 Å². The van der Waals surface area contributed by atoms with Gasteiger partial charge in [-0.05, 0) is 29.2 Å². The molecule has 0 aliphatic rings. The van der Waals surface area contributed by atoms with Crippen molar-refractivity contribution < 1.29 is 0 Å². The van der Waals surface area contributed by atoms with Crippen molar-refractivity contribution in [1.29, 1.82) is 0 Å². The van der Waals surface area contributed by atoms with Crippen molar-refractivity contribution in [3.8, 4) is 0 Å². The third-order valence-corrected chi connectivity index (χ3v) is 2.60. The molecule has 1 aromatic carbocycles. The van der Waals surface area contributed by atoms with E-state index in [1.165, 1.54) is 0 Å². The Kier molecular flexibility index (Phi) is 8.82. The second-order valence-electron chi connectivity index (χ2n) is 3.56. The van der Waals surface area contributed by atoms with Gasteiger partial charge in [-0.25, -0.2) is 0 Å². The Labute approximate surface area is 118 Å². The van der Waals surface area contributed by atoms with E-state index >= 15 is 0 Å². The third-order valence-electron chi connectivity index (χ3n) is 2.60. The van der Waals surface area contributed by atoms with Crippen LogP contribution in [-0.2, 0) is 0 Å². The fourth-order valence-corrected chi connectivity index (χ4v) is 1.76. The van der Waals surface area contributed by atoms with E-state index in [2.05, 4.69) is 37.9 Å². The molecule has 0 heterocycles. The summed E-state index contributed by atoms with van der Waals surface area (Å²) in [6, 6.07) is 8.22. The number of benzene rings is 1. The van der Waals surface area contributed by atoms with Gasteiger partial charge in [0.05, 0.1) is 0 Å². The minimum atomic E-state index is 1.07. The number of allylic oxidation sites excluding steroid dienone is 7. The van der Waals surface area contributed by atoms with E-state index < -0.39 is 0 Å². The van der Waals surface area contributed by atoms with Gasteiger partial charge in [-0.3, -0.25) is 0 Å². The van der Waals surface area contributed by atoms with Gasteiger partial charge in [0.25, 0.3) is 0 Å². The van der Waals surface area contributed by atoms with Crippen LogP contribution >= 0.6 is 0 Å². The zero-order chi connectivity index (χ0) is 14.7. The number of hydrogen-bond donors (Lipinski definition) is 0. The molecule has 0 saturated heterocycles. The Balaban J connectivity index is 0.00000154. The molecule has 1 aromatic rings. The molecule has 0 spiro atoms. The Morgan fingerprint density at radius 2 is 1.37 bits per heavy atom. The molecular weight excluding hydrogens is 228 g/mol. The maximum absolute atomic E-state index is 3.85. The molecule has 0 N–H and O–H groups in total. The molecule has 0 bridgehead atoms. The van der Waals surface area contributed by atoms with Gasteiger partial charge in [0.2, 0.25) is 0 Å². The molecule has 0 atom stereocenters. The van der Waals surface area contributed by atoms with Crippen LogP contribution in [0.5, 0.6) is 0 Å². The van der Waals surface area contributed by atoms with E-state index in [4.69, 9.17) is 0 Å². The summed E-state index contributed by atoms with van der Waals surface area (Å²) in [6.45, 7) is 17.4. The summed E-state index contributed by atoms with van der Waals surface area (Å²) in [7, 11) is 0. The summed E-state index contributed by atoms with van der Waals surface area (Å²) in [6.07, 6.45) is 9.50. The van der Waals surface area contributed by atoms with Crippen LogP contribution in [0.3, 0.4) is 0 Å². The predicted octanol–water partition coefficient (Wildman–Crippen LogP) is 6.06. The quantitative estimate of drug-likeness (QED) is 0.559. The average molecular weight is 252 g/mol. The lowest BCUT2D eigenvalue weighted by Gasteiger charge is -2.10.